The molecule has 28 heavy (non-hydrogen) atoms. The van der Waals surface area contributed by atoms with E-state index >= 15 is 0 Å². The number of hydrogen-bond donors (Lipinski definition) is 2. The monoisotopic (exact) mass is 968 g/mol. The Labute approximate surface area is 229 Å². The molecule has 7 nitrogen and oxygen atoms in total. The molecule has 0 bridgehead atoms. The van der Waals surface area contributed by atoms with Gasteiger partial charge < -0.3 is 14.6 Å². The molecular weight excluding hydrogens is 959 g/mol. The number of carbonyl (C=O) groups is 1. The van der Waals surface area contributed by atoms with E-state index in [1.54, 1.807) is 28.7 Å². The van der Waals surface area contributed by atoms with Crippen LogP contribution in [0.3, 0.4) is 0 Å². The standard InChI is InChI=1S/C15H9I5O7S/c16-7-3-6(4-8(17)12(7)21)15(22)27-2-1-26-13-9(18)5-10(19)14(11(13)20)28(23,24)25/h3-5,21H,1-2H2,(H,23,24,25). The second-order valence-electron chi connectivity index (χ2n) is 5.06. The van der Waals surface area contributed by atoms with Gasteiger partial charge in [0.05, 0.1) is 19.8 Å². The van der Waals surface area contributed by atoms with Crippen molar-refractivity contribution in [2.24, 2.45) is 0 Å². The Morgan fingerprint density at radius 3 is 2.04 bits per heavy atom. The molecule has 0 saturated heterocycles. The van der Waals surface area contributed by atoms with Gasteiger partial charge in [0, 0.05) is 3.57 Å². The van der Waals surface area contributed by atoms with Crippen LogP contribution < -0.4 is 4.74 Å². The number of benzene rings is 2. The molecule has 0 fully saturated rings. The minimum atomic E-state index is -4.40. The lowest BCUT2D eigenvalue weighted by Gasteiger charge is -2.14. The molecule has 2 aromatic rings. The molecule has 0 aliphatic carbocycles. The molecular formula is C15H9I5O7S. The third-order valence-corrected chi connectivity index (χ3v) is 9.16. The summed E-state index contributed by atoms with van der Waals surface area (Å²) in [6.07, 6.45) is 0. The van der Waals surface area contributed by atoms with Crippen LogP contribution in [0.15, 0.2) is 23.1 Å². The van der Waals surface area contributed by atoms with Crippen molar-refractivity contribution in [1.29, 1.82) is 0 Å². The van der Waals surface area contributed by atoms with Crippen LogP contribution in [0.2, 0.25) is 0 Å². The van der Waals surface area contributed by atoms with Gasteiger partial charge in [-0.1, -0.05) is 0 Å². The number of esters is 1. The number of ether oxygens (including phenoxy) is 2. The molecule has 13 heteroatoms. The van der Waals surface area contributed by atoms with Crippen molar-refractivity contribution in [3.8, 4) is 11.5 Å². The minimum absolute atomic E-state index is 0.00444. The Morgan fingerprint density at radius 2 is 1.50 bits per heavy atom. The molecule has 2 N–H and O–H groups in total. The van der Waals surface area contributed by atoms with Gasteiger partial charge in [-0.3, -0.25) is 4.55 Å². The van der Waals surface area contributed by atoms with Crippen LogP contribution in [0.5, 0.6) is 11.5 Å². The first kappa shape index (κ1) is 25.3. The average Bonchev–Trinajstić information content (AvgIpc) is 2.56. The molecule has 0 atom stereocenters. The van der Waals surface area contributed by atoms with Crippen molar-refractivity contribution in [3.05, 3.63) is 41.6 Å². The predicted molar refractivity (Wildman–Crippen MR) is 144 cm³/mol. The molecule has 152 valence electrons. The van der Waals surface area contributed by atoms with E-state index in [1.807, 2.05) is 90.4 Å². The Balaban J connectivity index is 2.07. The smallest absolute Gasteiger partial charge is 0.338 e. The van der Waals surface area contributed by atoms with Crippen LogP contribution in [0.1, 0.15) is 10.4 Å². The van der Waals surface area contributed by atoms with Gasteiger partial charge in [0.2, 0.25) is 0 Å². The largest absolute Gasteiger partial charge is 0.506 e. The molecule has 0 heterocycles. The Kier molecular flexibility index (Phi) is 9.58. The van der Waals surface area contributed by atoms with Crippen LogP contribution in [-0.2, 0) is 14.9 Å². The number of aromatic hydroxyl groups is 1. The van der Waals surface area contributed by atoms with Gasteiger partial charge in [-0.15, -0.1) is 0 Å². The lowest BCUT2D eigenvalue weighted by atomic mass is 10.2. The highest BCUT2D eigenvalue weighted by Crippen LogP contribution is 2.36. The fourth-order valence-corrected chi connectivity index (χ4v) is 9.71. The quantitative estimate of drug-likeness (QED) is 0.184. The van der Waals surface area contributed by atoms with Crippen LogP contribution >= 0.6 is 113 Å². The molecule has 2 aromatic carbocycles. The first-order valence-electron chi connectivity index (χ1n) is 7.06. The molecule has 0 saturated carbocycles. The summed E-state index contributed by atoms with van der Waals surface area (Å²) < 4.78 is 45.7. The topological polar surface area (TPSA) is 110 Å². The average molecular weight is 968 g/mol. The summed E-state index contributed by atoms with van der Waals surface area (Å²) in [6.45, 7) is -0.0677. The fourth-order valence-electron chi connectivity index (χ4n) is 1.97. The number of phenolic OH excluding ortho intramolecular Hbond substituents is 1. The Morgan fingerprint density at radius 1 is 0.929 bits per heavy atom. The van der Waals surface area contributed by atoms with E-state index < -0.39 is 16.1 Å². The van der Waals surface area contributed by atoms with E-state index in [-0.39, 0.29) is 27.4 Å². The molecule has 0 aliphatic heterocycles. The van der Waals surface area contributed by atoms with Crippen molar-refractivity contribution in [2.45, 2.75) is 4.90 Å². The van der Waals surface area contributed by atoms with Gasteiger partial charge in [0.25, 0.3) is 10.1 Å². The van der Waals surface area contributed by atoms with E-state index in [9.17, 15) is 22.9 Å². The highest BCUT2D eigenvalue weighted by Gasteiger charge is 2.24. The molecule has 2 rings (SSSR count). The molecule has 0 unspecified atom stereocenters. The zero-order valence-corrected chi connectivity index (χ0v) is 25.0. The fraction of sp³-hybridized carbons (Fsp3) is 0.133. The zero-order chi connectivity index (χ0) is 21.2. The number of rotatable bonds is 6. The molecule has 0 spiro atoms. The van der Waals surface area contributed by atoms with Gasteiger partial charge >= 0.3 is 5.97 Å². The van der Waals surface area contributed by atoms with Crippen LogP contribution in [0.25, 0.3) is 0 Å². The summed E-state index contributed by atoms with van der Waals surface area (Å²) >= 11 is 9.46. The maximum atomic E-state index is 12.2. The molecule has 0 amide bonds. The Bertz CT molecular complexity index is 1020. The third-order valence-electron chi connectivity index (χ3n) is 3.16. The molecule has 0 aromatic heterocycles. The van der Waals surface area contributed by atoms with Gasteiger partial charge in [0.15, 0.2) is 0 Å². The van der Waals surface area contributed by atoms with Crippen molar-refractivity contribution < 1.29 is 32.3 Å². The van der Waals surface area contributed by atoms with E-state index in [2.05, 4.69) is 0 Å². The van der Waals surface area contributed by atoms with Crippen molar-refractivity contribution in [3.63, 3.8) is 0 Å². The van der Waals surface area contributed by atoms with Gasteiger partial charge in [-0.05, 0) is 131 Å². The van der Waals surface area contributed by atoms with Gasteiger partial charge in [-0.2, -0.15) is 8.42 Å². The van der Waals surface area contributed by atoms with E-state index in [0.29, 0.717) is 25.6 Å². The highest BCUT2D eigenvalue weighted by atomic mass is 127. The van der Waals surface area contributed by atoms with Crippen molar-refractivity contribution in [1.82, 2.24) is 0 Å². The number of halogens is 5. The number of phenols is 1. The van der Waals surface area contributed by atoms with Crippen molar-refractivity contribution >= 4 is 129 Å². The van der Waals surface area contributed by atoms with Crippen LogP contribution in [0.4, 0.5) is 0 Å². The summed E-state index contributed by atoms with van der Waals surface area (Å²) in [5.41, 5.74) is 0.304. The second kappa shape index (κ2) is 10.6. The highest BCUT2D eigenvalue weighted by molar-refractivity contribution is 14.1. The summed E-state index contributed by atoms with van der Waals surface area (Å²) in [7, 11) is -4.40. The lowest BCUT2D eigenvalue weighted by Crippen LogP contribution is -2.14. The minimum Gasteiger partial charge on any atom is -0.506 e. The second-order valence-corrected chi connectivity index (χ2v) is 12.1. The first-order chi connectivity index (χ1) is 12.9. The first-order valence-corrected chi connectivity index (χ1v) is 13.9. The maximum absolute atomic E-state index is 12.2. The van der Waals surface area contributed by atoms with Crippen LogP contribution in [-0.4, -0.2) is 37.3 Å². The van der Waals surface area contributed by atoms with E-state index in [4.69, 9.17) is 9.47 Å². The summed E-state index contributed by atoms with van der Waals surface area (Å²) in [5.74, 6) is -0.164. The Hall–Kier alpha value is 1.07. The molecule has 0 radical (unpaired) electrons. The third kappa shape index (κ3) is 6.29. The number of hydrogen-bond acceptors (Lipinski definition) is 6. The van der Waals surface area contributed by atoms with Gasteiger partial charge in [-0.25, -0.2) is 4.79 Å². The predicted octanol–water partition coefficient (Wildman–Crippen LogP) is 4.90. The summed E-state index contributed by atoms with van der Waals surface area (Å²) in [4.78, 5) is 11.9. The van der Waals surface area contributed by atoms with Gasteiger partial charge in [0.1, 0.15) is 29.6 Å². The zero-order valence-electron chi connectivity index (χ0n) is 13.4. The summed E-state index contributed by atoms with van der Waals surface area (Å²) in [5, 5.41) is 9.75. The summed E-state index contributed by atoms with van der Waals surface area (Å²) in [6, 6.07) is 4.61. The SMILES string of the molecule is O=C(OCCOc1c(I)cc(I)c(S(=O)(=O)O)c1I)c1cc(I)c(O)c(I)c1. The normalized spacial score (nSPS) is 11.4. The number of carbonyl (C=O) groups excluding carboxylic acids is 1. The van der Waals surface area contributed by atoms with E-state index in [0.717, 1.165) is 0 Å². The van der Waals surface area contributed by atoms with Crippen LogP contribution in [0, 0.1) is 17.9 Å². The van der Waals surface area contributed by atoms with E-state index in [1.165, 1.54) is 12.1 Å². The lowest BCUT2D eigenvalue weighted by molar-refractivity contribution is 0.0449. The van der Waals surface area contributed by atoms with Crippen molar-refractivity contribution in [2.75, 3.05) is 13.2 Å². The molecule has 0 aliphatic rings. The maximum Gasteiger partial charge on any atom is 0.338 e.